The second-order valence-electron chi connectivity index (χ2n) is 10.4. The molecular formula is C30H31F6N5O4. The molecule has 2 aromatic carbocycles. The number of alkyl carbamates (subject to hydrolysis) is 1. The maximum atomic E-state index is 14.9. The van der Waals surface area contributed by atoms with Gasteiger partial charge >= 0.3 is 12.3 Å². The number of alkyl halides is 3. The van der Waals surface area contributed by atoms with E-state index in [9.17, 15) is 35.9 Å². The predicted octanol–water partition coefficient (Wildman–Crippen LogP) is 4.17. The van der Waals surface area contributed by atoms with E-state index in [4.69, 9.17) is 15.2 Å². The van der Waals surface area contributed by atoms with Crippen molar-refractivity contribution in [3.63, 3.8) is 0 Å². The Labute approximate surface area is 254 Å². The second kappa shape index (κ2) is 15.2. The predicted molar refractivity (Wildman–Crippen MR) is 151 cm³/mol. The summed E-state index contributed by atoms with van der Waals surface area (Å²) >= 11 is 0. The third kappa shape index (κ3) is 9.89. The molecule has 242 valence electrons. The molecule has 4 rings (SSSR count). The van der Waals surface area contributed by atoms with Gasteiger partial charge in [0.15, 0.2) is 0 Å². The third-order valence-corrected chi connectivity index (χ3v) is 7.06. The highest BCUT2D eigenvalue weighted by molar-refractivity contribution is 5.96. The van der Waals surface area contributed by atoms with Crippen LogP contribution < -0.4 is 21.7 Å². The highest BCUT2D eigenvalue weighted by Crippen LogP contribution is 2.29. The van der Waals surface area contributed by atoms with Crippen molar-refractivity contribution < 1.29 is 45.4 Å². The van der Waals surface area contributed by atoms with Gasteiger partial charge in [0.25, 0.3) is 0 Å². The highest BCUT2D eigenvalue weighted by Gasteiger charge is 2.30. The average Bonchev–Trinajstić information content (AvgIpc) is 3.00. The first kappa shape index (κ1) is 33.7. The molecule has 2 amide bonds. The SMILES string of the molecule is NC(C(=O)Nc1cncc(F)c1CCC1CNCC(COC(=O)NCC(F)(F)F)O1)C(c1ccc(F)cc1)c1ccc(F)cc1. The van der Waals surface area contributed by atoms with Gasteiger partial charge in [-0.25, -0.2) is 18.0 Å². The van der Waals surface area contributed by atoms with Gasteiger partial charge in [0.2, 0.25) is 5.91 Å². The van der Waals surface area contributed by atoms with E-state index in [1.165, 1.54) is 54.7 Å². The maximum absolute atomic E-state index is 14.9. The lowest BCUT2D eigenvalue weighted by Crippen LogP contribution is -2.47. The zero-order chi connectivity index (χ0) is 32.6. The van der Waals surface area contributed by atoms with E-state index in [0.717, 1.165) is 6.20 Å². The Hall–Kier alpha value is -4.21. The van der Waals surface area contributed by atoms with E-state index in [1.807, 2.05) is 0 Å². The summed E-state index contributed by atoms with van der Waals surface area (Å²) in [5.74, 6) is -3.17. The van der Waals surface area contributed by atoms with Crippen LogP contribution in [0, 0.1) is 17.5 Å². The number of carbonyl (C=O) groups is 2. The standard InChI is InChI=1S/C30H31F6N5O4/c31-19-5-1-17(2-6-19)26(18-3-7-20(32)8-4-18)27(37)28(42)41-25-14-39-13-24(33)23(25)10-9-21-11-38-12-22(45-21)15-44-29(43)40-16-30(34,35)36/h1-8,13-14,21-22,26-27,38H,9-12,15-16,37H2,(H,40,43)(H,41,42). The molecule has 2 heterocycles. The van der Waals surface area contributed by atoms with Gasteiger partial charge in [-0.3, -0.25) is 9.78 Å². The lowest BCUT2D eigenvalue weighted by atomic mass is 9.85. The molecule has 1 aliphatic rings. The first-order valence-corrected chi connectivity index (χ1v) is 13.9. The first-order valence-electron chi connectivity index (χ1n) is 13.9. The van der Waals surface area contributed by atoms with E-state index in [-0.39, 0.29) is 37.2 Å². The number of anilines is 1. The molecule has 0 saturated carbocycles. The number of nitrogens with zero attached hydrogens (tertiary/aromatic N) is 1. The number of carbonyl (C=O) groups excluding carboxylic acids is 2. The number of hydrogen-bond donors (Lipinski definition) is 4. The monoisotopic (exact) mass is 639 g/mol. The van der Waals surface area contributed by atoms with Crippen LogP contribution in [0.4, 0.5) is 36.8 Å². The molecule has 0 aliphatic carbocycles. The fourth-order valence-electron chi connectivity index (χ4n) is 4.88. The van der Waals surface area contributed by atoms with Gasteiger partial charge in [-0.2, -0.15) is 13.2 Å². The smallest absolute Gasteiger partial charge is 0.407 e. The van der Waals surface area contributed by atoms with Gasteiger partial charge in [0.1, 0.15) is 36.7 Å². The maximum Gasteiger partial charge on any atom is 0.407 e. The molecule has 3 aromatic rings. The second-order valence-corrected chi connectivity index (χ2v) is 10.4. The van der Waals surface area contributed by atoms with E-state index in [1.54, 1.807) is 5.32 Å². The van der Waals surface area contributed by atoms with E-state index >= 15 is 0 Å². The summed E-state index contributed by atoms with van der Waals surface area (Å²) in [6, 6.07) is 9.48. The first-order chi connectivity index (χ1) is 21.4. The van der Waals surface area contributed by atoms with Crippen LogP contribution in [0.5, 0.6) is 0 Å². The molecule has 1 aromatic heterocycles. The van der Waals surface area contributed by atoms with Crippen LogP contribution in [0.2, 0.25) is 0 Å². The molecule has 3 unspecified atom stereocenters. The largest absolute Gasteiger partial charge is 0.447 e. The molecule has 9 nitrogen and oxygen atoms in total. The van der Waals surface area contributed by atoms with Crippen molar-refractivity contribution in [3.8, 4) is 0 Å². The van der Waals surface area contributed by atoms with Crippen LogP contribution in [0.25, 0.3) is 0 Å². The fraction of sp³-hybridized carbons (Fsp3) is 0.367. The summed E-state index contributed by atoms with van der Waals surface area (Å²) in [6.45, 7) is -1.19. The summed E-state index contributed by atoms with van der Waals surface area (Å²) in [5, 5.41) is 7.30. The molecule has 5 N–H and O–H groups in total. The van der Waals surface area contributed by atoms with Gasteiger partial charge in [-0.1, -0.05) is 24.3 Å². The minimum Gasteiger partial charge on any atom is -0.447 e. The zero-order valence-electron chi connectivity index (χ0n) is 23.8. The number of nitrogens with two attached hydrogens (primary N) is 1. The Bertz CT molecular complexity index is 1400. The lowest BCUT2D eigenvalue weighted by molar-refractivity contribution is -0.124. The zero-order valence-corrected chi connectivity index (χ0v) is 23.8. The van der Waals surface area contributed by atoms with Crippen LogP contribution in [0.1, 0.15) is 29.0 Å². The number of benzene rings is 2. The summed E-state index contributed by atoms with van der Waals surface area (Å²) in [5.41, 5.74) is 7.59. The van der Waals surface area contributed by atoms with Crippen LogP contribution in [0.3, 0.4) is 0 Å². The van der Waals surface area contributed by atoms with Gasteiger partial charge < -0.3 is 31.2 Å². The topological polar surface area (TPSA) is 128 Å². The number of amides is 2. The van der Waals surface area contributed by atoms with Crippen molar-refractivity contribution >= 4 is 17.7 Å². The molecule has 1 saturated heterocycles. The summed E-state index contributed by atoms with van der Waals surface area (Å²) in [4.78, 5) is 28.8. The van der Waals surface area contributed by atoms with Crippen molar-refractivity contribution in [3.05, 3.63) is 95.1 Å². The van der Waals surface area contributed by atoms with Crippen LogP contribution in [-0.2, 0) is 20.7 Å². The van der Waals surface area contributed by atoms with E-state index < -0.39 is 66.3 Å². The molecule has 0 bridgehead atoms. The molecule has 1 fully saturated rings. The van der Waals surface area contributed by atoms with E-state index in [0.29, 0.717) is 17.7 Å². The molecule has 1 aliphatic heterocycles. The summed E-state index contributed by atoms with van der Waals surface area (Å²) in [7, 11) is 0. The van der Waals surface area contributed by atoms with Gasteiger partial charge in [0.05, 0.1) is 30.2 Å². The molecule has 3 atom stereocenters. The van der Waals surface area contributed by atoms with Crippen LogP contribution >= 0.6 is 0 Å². The number of nitrogens with one attached hydrogen (secondary N) is 3. The van der Waals surface area contributed by atoms with Crippen molar-refractivity contribution in [2.24, 2.45) is 5.73 Å². The Kier molecular flexibility index (Phi) is 11.4. The Morgan fingerprint density at radius 1 is 0.978 bits per heavy atom. The molecule has 15 heteroatoms. The molecule has 45 heavy (non-hydrogen) atoms. The Morgan fingerprint density at radius 2 is 1.58 bits per heavy atom. The minimum absolute atomic E-state index is 0.0670. The number of aromatic nitrogens is 1. The number of hydrogen-bond acceptors (Lipinski definition) is 7. The van der Waals surface area contributed by atoms with Crippen LogP contribution in [0.15, 0.2) is 60.9 Å². The Morgan fingerprint density at radius 3 is 2.18 bits per heavy atom. The summed E-state index contributed by atoms with van der Waals surface area (Å²) in [6.07, 6.45) is -4.36. The quantitative estimate of drug-likeness (QED) is 0.232. The average molecular weight is 640 g/mol. The third-order valence-electron chi connectivity index (χ3n) is 7.06. The van der Waals surface area contributed by atoms with Crippen LogP contribution in [-0.4, -0.2) is 67.7 Å². The number of halogens is 6. The normalized spacial score (nSPS) is 17.5. The molecular weight excluding hydrogens is 608 g/mol. The highest BCUT2D eigenvalue weighted by atomic mass is 19.4. The van der Waals surface area contributed by atoms with Crippen molar-refractivity contribution in [2.75, 3.05) is 31.6 Å². The fourth-order valence-corrected chi connectivity index (χ4v) is 4.88. The molecule has 0 spiro atoms. The summed E-state index contributed by atoms with van der Waals surface area (Å²) < 4.78 is 89.7. The number of morpholine rings is 1. The Balaban J connectivity index is 1.40. The van der Waals surface area contributed by atoms with Crippen molar-refractivity contribution in [1.29, 1.82) is 0 Å². The van der Waals surface area contributed by atoms with E-state index in [2.05, 4.69) is 15.6 Å². The van der Waals surface area contributed by atoms with Crippen molar-refractivity contribution in [2.45, 2.75) is 43.2 Å². The van der Waals surface area contributed by atoms with Gasteiger partial charge in [-0.15, -0.1) is 0 Å². The van der Waals surface area contributed by atoms with Crippen molar-refractivity contribution in [1.82, 2.24) is 15.6 Å². The minimum atomic E-state index is -4.58. The number of rotatable bonds is 11. The number of pyridine rings is 1. The molecule has 0 radical (unpaired) electrons. The van der Waals surface area contributed by atoms with Gasteiger partial charge in [0, 0.05) is 24.6 Å². The lowest BCUT2D eigenvalue weighted by Gasteiger charge is -2.31. The number of ether oxygens (including phenoxy) is 2. The van der Waals surface area contributed by atoms with Gasteiger partial charge in [-0.05, 0) is 48.2 Å².